The topological polar surface area (TPSA) is 40.6 Å². The van der Waals surface area contributed by atoms with Crippen LogP contribution in [0.2, 0.25) is 0 Å². The number of hydrogen-bond donors (Lipinski definition) is 0. The first-order valence-corrected chi connectivity index (χ1v) is 6.60. The molecule has 0 bridgehead atoms. The molecule has 1 unspecified atom stereocenters. The van der Waals surface area contributed by atoms with Gasteiger partial charge in [-0.05, 0) is 25.7 Å². The van der Waals surface area contributed by atoms with E-state index in [0.29, 0.717) is 12.0 Å². The minimum absolute atomic E-state index is 0.0239. The van der Waals surface area contributed by atoms with Gasteiger partial charge >= 0.3 is 6.03 Å². The molecule has 4 nitrogen and oxygen atoms in total. The van der Waals surface area contributed by atoms with Gasteiger partial charge in [-0.15, -0.1) is 0 Å². The van der Waals surface area contributed by atoms with Crippen LogP contribution in [0.1, 0.15) is 39.0 Å². The highest BCUT2D eigenvalue weighted by Gasteiger charge is 2.39. The lowest BCUT2D eigenvalue weighted by Gasteiger charge is -2.30. The summed E-state index contributed by atoms with van der Waals surface area (Å²) in [5.41, 5.74) is 0. The number of likely N-dealkylation sites (N-methyl/N-ethyl adjacent to an activating group) is 1. The molecule has 2 rings (SSSR count). The molecule has 0 aromatic carbocycles. The summed E-state index contributed by atoms with van der Waals surface area (Å²) in [6, 6.07) is 0.345. The zero-order valence-corrected chi connectivity index (χ0v) is 10.8. The van der Waals surface area contributed by atoms with Gasteiger partial charge < -0.3 is 9.80 Å². The normalized spacial score (nSPS) is 26.7. The van der Waals surface area contributed by atoms with Gasteiger partial charge in [0.05, 0.1) is 12.6 Å². The molecule has 96 valence electrons. The monoisotopic (exact) mass is 238 g/mol. The van der Waals surface area contributed by atoms with E-state index in [1.165, 1.54) is 32.1 Å². The first-order valence-electron chi connectivity index (χ1n) is 6.60. The van der Waals surface area contributed by atoms with E-state index >= 15 is 0 Å². The van der Waals surface area contributed by atoms with E-state index in [4.69, 9.17) is 0 Å². The van der Waals surface area contributed by atoms with E-state index in [9.17, 15) is 9.59 Å². The lowest BCUT2D eigenvalue weighted by Crippen LogP contribution is -2.37. The number of carbonyl (C=O) groups excluding carboxylic acids is 2. The molecular weight excluding hydrogens is 216 g/mol. The number of carbonyl (C=O) groups is 2. The summed E-state index contributed by atoms with van der Waals surface area (Å²) in [6.45, 7) is 2.55. The van der Waals surface area contributed by atoms with Crippen LogP contribution in [0.4, 0.5) is 4.79 Å². The van der Waals surface area contributed by atoms with Gasteiger partial charge in [0.1, 0.15) is 5.78 Å². The number of nitrogens with zero attached hydrogens (tertiary/aromatic N) is 2. The summed E-state index contributed by atoms with van der Waals surface area (Å²) >= 11 is 0. The second kappa shape index (κ2) is 5.07. The average Bonchev–Trinajstić information content (AvgIpc) is 2.58. The van der Waals surface area contributed by atoms with Gasteiger partial charge in [-0.25, -0.2) is 4.79 Å². The van der Waals surface area contributed by atoms with Crippen LogP contribution in [-0.4, -0.2) is 47.8 Å². The third-order valence-corrected chi connectivity index (χ3v) is 4.08. The van der Waals surface area contributed by atoms with Crippen molar-refractivity contribution >= 4 is 11.8 Å². The zero-order chi connectivity index (χ0) is 12.4. The van der Waals surface area contributed by atoms with Crippen molar-refractivity contribution in [3.63, 3.8) is 0 Å². The summed E-state index contributed by atoms with van der Waals surface area (Å²) in [6.07, 6.45) is 6.37. The Morgan fingerprint density at radius 2 is 1.94 bits per heavy atom. The highest BCUT2D eigenvalue weighted by atomic mass is 16.2. The largest absolute Gasteiger partial charge is 0.323 e. The predicted octanol–water partition coefficient (Wildman–Crippen LogP) is 1.89. The maximum absolute atomic E-state index is 12.0. The van der Waals surface area contributed by atoms with E-state index in [1.54, 1.807) is 11.8 Å². The molecule has 1 saturated heterocycles. The molecule has 4 heteroatoms. The second-order valence-corrected chi connectivity index (χ2v) is 5.44. The van der Waals surface area contributed by atoms with Gasteiger partial charge in [0, 0.05) is 13.6 Å². The molecule has 1 aliphatic carbocycles. The Kier molecular flexibility index (Phi) is 3.69. The molecule has 1 saturated carbocycles. The zero-order valence-electron chi connectivity index (χ0n) is 10.8. The smallest absolute Gasteiger partial charge is 0.320 e. The van der Waals surface area contributed by atoms with Crippen LogP contribution >= 0.6 is 0 Å². The molecule has 2 aliphatic rings. The fourth-order valence-corrected chi connectivity index (χ4v) is 3.18. The minimum atomic E-state index is 0.0239. The molecular formula is C13H22N2O2. The van der Waals surface area contributed by atoms with Crippen molar-refractivity contribution in [1.82, 2.24) is 9.80 Å². The Morgan fingerprint density at radius 1 is 1.29 bits per heavy atom. The van der Waals surface area contributed by atoms with E-state index in [1.807, 2.05) is 11.9 Å². The van der Waals surface area contributed by atoms with Crippen molar-refractivity contribution in [2.75, 3.05) is 20.1 Å². The number of rotatable bonds is 3. The van der Waals surface area contributed by atoms with E-state index in [0.717, 1.165) is 6.54 Å². The van der Waals surface area contributed by atoms with E-state index in [-0.39, 0.29) is 18.4 Å². The van der Waals surface area contributed by atoms with Crippen molar-refractivity contribution in [1.29, 1.82) is 0 Å². The lowest BCUT2D eigenvalue weighted by molar-refractivity contribution is -0.117. The van der Waals surface area contributed by atoms with Crippen LogP contribution < -0.4 is 0 Å². The van der Waals surface area contributed by atoms with Gasteiger partial charge in [-0.1, -0.05) is 19.3 Å². The maximum atomic E-state index is 12.0. The Balaban J connectivity index is 1.99. The Labute approximate surface area is 103 Å². The fourth-order valence-electron chi connectivity index (χ4n) is 3.18. The summed E-state index contributed by atoms with van der Waals surface area (Å²) in [5.74, 6) is 0.700. The number of amides is 2. The van der Waals surface area contributed by atoms with Crippen molar-refractivity contribution in [3.05, 3.63) is 0 Å². The van der Waals surface area contributed by atoms with Gasteiger partial charge in [-0.3, -0.25) is 4.79 Å². The molecule has 0 N–H and O–H groups in total. The van der Waals surface area contributed by atoms with Gasteiger partial charge in [0.25, 0.3) is 0 Å². The molecule has 1 heterocycles. The predicted molar refractivity (Wildman–Crippen MR) is 65.8 cm³/mol. The van der Waals surface area contributed by atoms with Crippen LogP contribution in [0.15, 0.2) is 0 Å². The molecule has 0 aromatic heterocycles. The van der Waals surface area contributed by atoms with E-state index < -0.39 is 0 Å². The number of urea groups is 1. The minimum Gasteiger partial charge on any atom is -0.323 e. The number of Topliss-reactive ketones (excluding diaryl/α,β-unsaturated/α-hetero) is 1. The summed E-state index contributed by atoms with van der Waals surface area (Å²) in [7, 11) is 1.88. The van der Waals surface area contributed by atoms with Crippen molar-refractivity contribution in [2.45, 2.75) is 45.1 Å². The van der Waals surface area contributed by atoms with Crippen molar-refractivity contribution < 1.29 is 9.59 Å². The molecule has 1 aliphatic heterocycles. The first kappa shape index (κ1) is 12.4. The van der Waals surface area contributed by atoms with Crippen molar-refractivity contribution in [2.24, 2.45) is 5.92 Å². The molecule has 0 spiro atoms. The molecule has 0 aromatic rings. The highest BCUT2D eigenvalue weighted by Crippen LogP contribution is 2.31. The summed E-state index contributed by atoms with van der Waals surface area (Å²) < 4.78 is 0. The van der Waals surface area contributed by atoms with E-state index in [2.05, 4.69) is 0 Å². The highest BCUT2D eigenvalue weighted by molar-refractivity contribution is 5.85. The van der Waals surface area contributed by atoms with Gasteiger partial charge in [-0.2, -0.15) is 0 Å². The summed E-state index contributed by atoms with van der Waals surface area (Å²) in [5, 5.41) is 0. The number of ketones is 1. The molecule has 2 amide bonds. The fraction of sp³-hybridized carbons (Fsp3) is 0.846. The second-order valence-electron chi connectivity index (χ2n) is 5.44. The first-order chi connectivity index (χ1) is 8.09. The van der Waals surface area contributed by atoms with Crippen LogP contribution in [0.3, 0.4) is 0 Å². The Bertz CT molecular complexity index is 311. The standard InChI is InChI=1S/C13H22N2O2/c1-10(16)8-15-9-12(14(2)13(15)17)11-6-4-3-5-7-11/h11-12H,3-9H2,1-2H3. The third kappa shape index (κ3) is 2.61. The van der Waals surface area contributed by atoms with Crippen LogP contribution in [0, 0.1) is 5.92 Å². The van der Waals surface area contributed by atoms with Crippen LogP contribution in [0.5, 0.6) is 0 Å². The third-order valence-electron chi connectivity index (χ3n) is 4.08. The lowest BCUT2D eigenvalue weighted by atomic mass is 9.84. The van der Waals surface area contributed by atoms with Crippen molar-refractivity contribution in [3.8, 4) is 0 Å². The van der Waals surface area contributed by atoms with Crippen LogP contribution in [0.25, 0.3) is 0 Å². The Morgan fingerprint density at radius 3 is 2.53 bits per heavy atom. The van der Waals surface area contributed by atoms with Gasteiger partial charge in [0.2, 0.25) is 0 Å². The number of hydrogen-bond acceptors (Lipinski definition) is 2. The van der Waals surface area contributed by atoms with Gasteiger partial charge in [0.15, 0.2) is 0 Å². The summed E-state index contributed by atoms with van der Waals surface area (Å²) in [4.78, 5) is 26.7. The molecule has 0 radical (unpaired) electrons. The van der Waals surface area contributed by atoms with Crippen LogP contribution in [-0.2, 0) is 4.79 Å². The molecule has 17 heavy (non-hydrogen) atoms. The SMILES string of the molecule is CC(=O)CN1CC(C2CCCCC2)N(C)C1=O. The quantitative estimate of drug-likeness (QED) is 0.753. The Hall–Kier alpha value is -1.06. The average molecular weight is 238 g/mol. The molecule has 1 atom stereocenters. The maximum Gasteiger partial charge on any atom is 0.320 e. The molecule has 2 fully saturated rings.